The molecule has 0 aliphatic rings. The predicted octanol–water partition coefficient (Wildman–Crippen LogP) is 5.09. The Balaban J connectivity index is 1.50. The third kappa shape index (κ3) is 5.48. The van der Waals surface area contributed by atoms with Crippen molar-refractivity contribution in [3.05, 3.63) is 112 Å². The second-order valence-corrected chi connectivity index (χ2v) is 7.82. The van der Waals surface area contributed by atoms with E-state index >= 15 is 0 Å². The largest absolute Gasteiger partial charge is 0.361 e. The number of hydrogen-bond acceptors (Lipinski definition) is 2. The molecule has 0 aliphatic carbocycles. The van der Waals surface area contributed by atoms with Gasteiger partial charge in [-0.25, -0.2) is 4.39 Å². The third-order valence-electron chi connectivity index (χ3n) is 5.15. The molecule has 33 heavy (non-hydrogen) atoms. The summed E-state index contributed by atoms with van der Waals surface area (Å²) in [6.07, 6.45) is 4.03. The number of amides is 2. The fourth-order valence-electron chi connectivity index (χ4n) is 3.46. The Kier molecular flexibility index (Phi) is 6.86. The van der Waals surface area contributed by atoms with Crippen LogP contribution in [0.4, 0.5) is 4.39 Å². The first kappa shape index (κ1) is 22.3. The van der Waals surface area contributed by atoms with Crippen LogP contribution in [-0.4, -0.2) is 23.3 Å². The fourth-order valence-corrected chi connectivity index (χ4v) is 3.69. The Hall–Kier alpha value is -3.90. The van der Waals surface area contributed by atoms with Crippen LogP contribution in [0.2, 0.25) is 5.02 Å². The van der Waals surface area contributed by atoms with Gasteiger partial charge in [-0.2, -0.15) is 0 Å². The minimum atomic E-state index is -0.513. The van der Waals surface area contributed by atoms with Crippen molar-refractivity contribution in [2.45, 2.75) is 6.42 Å². The number of rotatable bonds is 7. The van der Waals surface area contributed by atoms with Gasteiger partial charge in [-0.15, -0.1) is 0 Å². The third-order valence-corrected chi connectivity index (χ3v) is 5.48. The van der Waals surface area contributed by atoms with E-state index < -0.39 is 17.6 Å². The summed E-state index contributed by atoms with van der Waals surface area (Å²) in [5.41, 5.74) is 2.96. The maximum absolute atomic E-state index is 13.3. The lowest BCUT2D eigenvalue weighted by molar-refractivity contribution is -0.117. The number of carbonyl (C=O) groups excluding carboxylic acids is 2. The summed E-state index contributed by atoms with van der Waals surface area (Å²) in [5, 5.41) is 6.85. The number of para-hydroxylation sites is 1. The molecule has 3 N–H and O–H groups in total. The van der Waals surface area contributed by atoms with Gasteiger partial charge in [0.25, 0.3) is 11.8 Å². The molecule has 0 fully saturated rings. The van der Waals surface area contributed by atoms with Crippen molar-refractivity contribution in [3.8, 4) is 0 Å². The van der Waals surface area contributed by atoms with Crippen molar-refractivity contribution in [2.75, 3.05) is 6.54 Å². The van der Waals surface area contributed by atoms with Gasteiger partial charge in [0, 0.05) is 23.6 Å². The summed E-state index contributed by atoms with van der Waals surface area (Å²) in [5.74, 6) is -1.36. The molecule has 4 aromatic rings. The highest BCUT2D eigenvalue weighted by molar-refractivity contribution is 6.34. The Bertz CT molecular complexity index is 1330. The van der Waals surface area contributed by atoms with Crippen molar-refractivity contribution < 1.29 is 14.0 Å². The molecular formula is C26H21ClFN3O2. The highest BCUT2D eigenvalue weighted by Gasteiger charge is 2.16. The zero-order valence-corrected chi connectivity index (χ0v) is 18.3. The number of nitrogens with one attached hydrogen (secondary N) is 3. The standard InChI is InChI=1S/C26H21ClFN3O2/c27-22-7-3-1-6-21(22)25(32)31-24(15-17-9-11-19(28)12-10-17)26(33)29-14-13-18-16-30-23-8-4-2-5-20(18)23/h1-12,15-16,30H,13-14H2,(H,29,33)(H,31,32). The molecule has 7 heteroatoms. The van der Waals surface area contributed by atoms with Crippen molar-refractivity contribution in [1.29, 1.82) is 0 Å². The number of benzene rings is 3. The van der Waals surface area contributed by atoms with Gasteiger partial charge in [0.2, 0.25) is 0 Å². The Labute approximate surface area is 195 Å². The molecular weight excluding hydrogens is 441 g/mol. The second-order valence-electron chi connectivity index (χ2n) is 7.41. The first-order valence-electron chi connectivity index (χ1n) is 10.4. The lowest BCUT2D eigenvalue weighted by atomic mass is 10.1. The van der Waals surface area contributed by atoms with E-state index in [1.54, 1.807) is 24.3 Å². The molecule has 0 bridgehead atoms. The number of hydrogen-bond donors (Lipinski definition) is 3. The zero-order valence-electron chi connectivity index (χ0n) is 17.6. The van der Waals surface area contributed by atoms with Crippen LogP contribution < -0.4 is 10.6 Å². The van der Waals surface area contributed by atoms with Crippen molar-refractivity contribution in [3.63, 3.8) is 0 Å². The summed E-state index contributed by atoms with van der Waals surface area (Å²) in [6.45, 7) is 0.364. The molecule has 166 valence electrons. The molecule has 5 nitrogen and oxygen atoms in total. The summed E-state index contributed by atoms with van der Waals surface area (Å²) >= 11 is 6.12. The topological polar surface area (TPSA) is 74.0 Å². The average Bonchev–Trinajstić information content (AvgIpc) is 3.23. The molecule has 0 atom stereocenters. The summed E-state index contributed by atoms with van der Waals surface area (Å²) in [7, 11) is 0. The lowest BCUT2D eigenvalue weighted by Crippen LogP contribution is -2.35. The Morgan fingerprint density at radius 1 is 0.970 bits per heavy atom. The van der Waals surface area contributed by atoms with E-state index in [9.17, 15) is 14.0 Å². The highest BCUT2D eigenvalue weighted by Crippen LogP contribution is 2.18. The van der Waals surface area contributed by atoms with Gasteiger partial charge in [0.1, 0.15) is 11.5 Å². The number of fused-ring (bicyclic) bond motifs is 1. The molecule has 0 saturated carbocycles. The van der Waals surface area contributed by atoms with Gasteiger partial charge < -0.3 is 15.6 Å². The second kappa shape index (κ2) is 10.1. The van der Waals surface area contributed by atoms with Crippen LogP contribution in [-0.2, 0) is 11.2 Å². The molecule has 0 spiro atoms. The predicted molar refractivity (Wildman–Crippen MR) is 128 cm³/mol. The molecule has 2 amide bonds. The number of aromatic amines is 1. The summed E-state index contributed by atoms with van der Waals surface area (Å²) in [6, 6.07) is 20.1. The minimum Gasteiger partial charge on any atom is -0.361 e. The molecule has 0 saturated heterocycles. The molecule has 0 radical (unpaired) electrons. The van der Waals surface area contributed by atoms with Gasteiger partial charge in [-0.1, -0.05) is 54.1 Å². The van der Waals surface area contributed by atoms with Gasteiger partial charge in [-0.05, 0) is 54.0 Å². The van der Waals surface area contributed by atoms with E-state index in [1.807, 2.05) is 30.5 Å². The number of H-pyrrole nitrogens is 1. The minimum absolute atomic E-state index is 0.0328. The summed E-state index contributed by atoms with van der Waals surface area (Å²) in [4.78, 5) is 28.9. The quantitative estimate of drug-likeness (QED) is 0.335. The average molecular weight is 462 g/mol. The zero-order chi connectivity index (χ0) is 23.2. The Morgan fingerprint density at radius 3 is 2.48 bits per heavy atom. The molecule has 1 aromatic heterocycles. The van der Waals surface area contributed by atoms with E-state index in [0.717, 1.165) is 16.5 Å². The van der Waals surface area contributed by atoms with Crippen LogP contribution in [0.15, 0.2) is 84.7 Å². The van der Waals surface area contributed by atoms with E-state index in [0.29, 0.717) is 18.5 Å². The molecule has 1 heterocycles. The van der Waals surface area contributed by atoms with Gasteiger partial charge in [0.05, 0.1) is 10.6 Å². The van der Waals surface area contributed by atoms with Gasteiger partial charge >= 0.3 is 0 Å². The first-order chi connectivity index (χ1) is 16.0. The molecule has 0 aliphatic heterocycles. The van der Waals surface area contributed by atoms with Crippen LogP contribution >= 0.6 is 11.6 Å². The monoisotopic (exact) mass is 461 g/mol. The first-order valence-corrected chi connectivity index (χ1v) is 10.8. The molecule has 4 rings (SSSR count). The van der Waals surface area contributed by atoms with Crippen LogP contribution in [0, 0.1) is 5.82 Å². The Morgan fingerprint density at radius 2 is 1.70 bits per heavy atom. The number of carbonyl (C=O) groups is 2. The number of halogens is 2. The lowest BCUT2D eigenvalue weighted by Gasteiger charge is -2.12. The SMILES string of the molecule is O=C(NCCc1c[nH]c2ccccc12)C(=Cc1ccc(F)cc1)NC(=O)c1ccccc1Cl. The van der Waals surface area contributed by atoms with E-state index in [1.165, 1.54) is 30.3 Å². The molecule has 0 unspecified atom stereocenters. The van der Waals surface area contributed by atoms with Crippen LogP contribution in [0.5, 0.6) is 0 Å². The van der Waals surface area contributed by atoms with E-state index in [2.05, 4.69) is 15.6 Å². The van der Waals surface area contributed by atoms with Crippen molar-refractivity contribution >= 4 is 40.4 Å². The fraction of sp³-hybridized carbons (Fsp3) is 0.0769. The van der Waals surface area contributed by atoms with Crippen molar-refractivity contribution in [2.24, 2.45) is 0 Å². The van der Waals surface area contributed by atoms with Gasteiger partial charge in [-0.3, -0.25) is 9.59 Å². The highest BCUT2D eigenvalue weighted by atomic mass is 35.5. The molecule has 3 aromatic carbocycles. The normalized spacial score (nSPS) is 11.4. The van der Waals surface area contributed by atoms with Crippen molar-refractivity contribution in [1.82, 2.24) is 15.6 Å². The van der Waals surface area contributed by atoms with Crippen LogP contribution in [0.25, 0.3) is 17.0 Å². The summed E-state index contributed by atoms with van der Waals surface area (Å²) < 4.78 is 13.3. The van der Waals surface area contributed by atoms with Gasteiger partial charge in [0.15, 0.2) is 0 Å². The maximum Gasteiger partial charge on any atom is 0.267 e. The van der Waals surface area contributed by atoms with Crippen LogP contribution in [0.1, 0.15) is 21.5 Å². The van der Waals surface area contributed by atoms with E-state index in [-0.39, 0.29) is 16.3 Å². The van der Waals surface area contributed by atoms with E-state index in [4.69, 9.17) is 11.6 Å². The number of aromatic nitrogens is 1. The van der Waals surface area contributed by atoms with Crippen LogP contribution in [0.3, 0.4) is 0 Å². The smallest absolute Gasteiger partial charge is 0.267 e. The maximum atomic E-state index is 13.3.